The highest BCUT2D eigenvalue weighted by Crippen LogP contribution is 2.22. The van der Waals surface area contributed by atoms with Crippen molar-refractivity contribution in [1.82, 2.24) is 4.98 Å². The molecule has 3 nitrogen and oxygen atoms in total. The minimum atomic E-state index is 0.0331. The van der Waals surface area contributed by atoms with Crippen LogP contribution in [-0.4, -0.2) is 24.0 Å². The van der Waals surface area contributed by atoms with Crippen LogP contribution in [0.15, 0.2) is 40.4 Å². The van der Waals surface area contributed by atoms with Crippen LogP contribution in [0.3, 0.4) is 0 Å². The van der Waals surface area contributed by atoms with Crippen molar-refractivity contribution < 1.29 is 9.53 Å². The second kappa shape index (κ2) is 7.53. The van der Waals surface area contributed by atoms with Crippen molar-refractivity contribution in [3.8, 4) is 0 Å². The average molecular weight is 340 g/mol. The summed E-state index contributed by atoms with van der Waals surface area (Å²) in [6.45, 7) is 0.743. The summed E-state index contributed by atoms with van der Waals surface area (Å²) in [7, 11) is 0. The Labute approximate surface area is 124 Å². The lowest BCUT2D eigenvalue weighted by atomic mass is 10.1. The van der Waals surface area contributed by atoms with Crippen LogP contribution >= 0.6 is 27.3 Å². The predicted molar refractivity (Wildman–Crippen MR) is 79.7 cm³/mol. The molecule has 0 N–H and O–H groups in total. The summed E-state index contributed by atoms with van der Waals surface area (Å²) in [5, 5.41) is 1.89. The van der Waals surface area contributed by atoms with E-state index in [1.54, 1.807) is 12.4 Å². The van der Waals surface area contributed by atoms with Crippen molar-refractivity contribution in [3.05, 3.63) is 50.9 Å². The van der Waals surface area contributed by atoms with Gasteiger partial charge in [0.15, 0.2) is 5.78 Å². The summed E-state index contributed by atoms with van der Waals surface area (Å²) < 4.78 is 6.27. The van der Waals surface area contributed by atoms with Crippen molar-refractivity contribution in [2.24, 2.45) is 0 Å². The van der Waals surface area contributed by atoms with E-state index in [1.807, 2.05) is 23.6 Å². The van der Waals surface area contributed by atoms with Gasteiger partial charge in [-0.2, -0.15) is 0 Å². The number of halogens is 1. The molecule has 0 aromatic carbocycles. The number of Topliss-reactive ketones (excluding diaryl/α,β-unsaturated/α-hetero) is 1. The van der Waals surface area contributed by atoms with Gasteiger partial charge in [0.05, 0.1) is 4.88 Å². The lowest BCUT2D eigenvalue weighted by molar-refractivity contribution is 0.0759. The zero-order valence-corrected chi connectivity index (χ0v) is 12.7. The molecular weight excluding hydrogens is 326 g/mol. The molecular formula is C14H14BrNO2S. The Morgan fingerprint density at radius 2 is 2.11 bits per heavy atom. The third-order valence-corrected chi connectivity index (χ3v) is 4.49. The Bertz CT molecular complexity index is 527. The zero-order chi connectivity index (χ0) is 13.5. The number of ketones is 1. The fourth-order valence-corrected chi connectivity index (χ4v) is 3.17. The molecule has 2 rings (SSSR count). The van der Waals surface area contributed by atoms with Crippen LogP contribution in [0.4, 0.5) is 0 Å². The lowest BCUT2D eigenvalue weighted by Gasteiger charge is -2.03. The lowest BCUT2D eigenvalue weighted by Crippen LogP contribution is -2.09. The highest BCUT2D eigenvalue weighted by molar-refractivity contribution is 9.10. The number of nitrogens with zero attached hydrogens (tertiary/aromatic N) is 1. The Morgan fingerprint density at radius 3 is 2.79 bits per heavy atom. The highest BCUT2D eigenvalue weighted by atomic mass is 79.9. The van der Waals surface area contributed by atoms with E-state index in [9.17, 15) is 4.79 Å². The van der Waals surface area contributed by atoms with Gasteiger partial charge in [0, 0.05) is 23.5 Å². The predicted octanol–water partition coefficient (Wildman–Crippen LogP) is 3.74. The number of aromatic nitrogens is 1. The molecule has 2 aromatic rings. The number of ether oxygens (including phenoxy) is 1. The van der Waals surface area contributed by atoms with E-state index in [0.717, 1.165) is 22.2 Å². The molecule has 0 aliphatic rings. The molecule has 0 fully saturated rings. The van der Waals surface area contributed by atoms with Crippen LogP contribution in [0.1, 0.15) is 21.7 Å². The molecule has 0 radical (unpaired) electrons. The summed E-state index contributed by atoms with van der Waals surface area (Å²) >= 11 is 4.78. The zero-order valence-electron chi connectivity index (χ0n) is 10.3. The van der Waals surface area contributed by atoms with E-state index in [4.69, 9.17) is 4.74 Å². The number of hydrogen-bond acceptors (Lipinski definition) is 4. The third kappa shape index (κ3) is 4.53. The van der Waals surface area contributed by atoms with Crippen LogP contribution in [0.2, 0.25) is 0 Å². The quantitative estimate of drug-likeness (QED) is 0.569. The molecule has 0 unspecified atom stereocenters. The average Bonchev–Trinajstić information content (AvgIpc) is 2.86. The van der Waals surface area contributed by atoms with Crippen molar-refractivity contribution in [3.63, 3.8) is 0 Å². The van der Waals surface area contributed by atoms with Gasteiger partial charge in [0.2, 0.25) is 0 Å². The van der Waals surface area contributed by atoms with Gasteiger partial charge in [-0.3, -0.25) is 9.78 Å². The number of thiophene rings is 1. The van der Waals surface area contributed by atoms with E-state index in [1.165, 1.54) is 16.9 Å². The standard InChI is InChI=1S/C14H14BrNO2S/c15-12-5-9-19-14(12)13(17)10-18-8-1-2-11-3-6-16-7-4-11/h3-7,9H,1-2,8,10H2. The Morgan fingerprint density at radius 1 is 1.32 bits per heavy atom. The number of aryl methyl sites for hydroxylation is 1. The largest absolute Gasteiger partial charge is 0.373 e. The molecule has 2 heterocycles. The van der Waals surface area contributed by atoms with Gasteiger partial charge in [-0.25, -0.2) is 0 Å². The number of carbonyl (C=O) groups excluding carboxylic acids is 1. The molecule has 0 saturated heterocycles. The SMILES string of the molecule is O=C(COCCCc1ccncc1)c1sccc1Br. The van der Waals surface area contributed by atoms with E-state index >= 15 is 0 Å². The van der Waals surface area contributed by atoms with Gasteiger partial charge >= 0.3 is 0 Å². The second-order valence-electron chi connectivity index (χ2n) is 4.03. The molecule has 19 heavy (non-hydrogen) atoms. The third-order valence-electron chi connectivity index (χ3n) is 2.61. The minimum absolute atomic E-state index is 0.0331. The molecule has 5 heteroatoms. The Balaban J connectivity index is 1.65. The molecule has 0 bridgehead atoms. The van der Waals surface area contributed by atoms with Gasteiger partial charge in [0.1, 0.15) is 6.61 Å². The molecule has 0 saturated carbocycles. The molecule has 0 spiro atoms. The number of carbonyl (C=O) groups is 1. The van der Waals surface area contributed by atoms with Gasteiger partial charge in [-0.05, 0) is 57.9 Å². The van der Waals surface area contributed by atoms with E-state index in [-0.39, 0.29) is 12.4 Å². The van der Waals surface area contributed by atoms with Crippen LogP contribution in [0.5, 0.6) is 0 Å². The molecule has 0 amide bonds. The van der Waals surface area contributed by atoms with E-state index in [0.29, 0.717) is 6.61 Å². The molecule has 100 valence electrons. The van der Waals surface area contributed by atoms with Gasteiger partial charge in [-0.1, -0.05) is 0 Å². The molecule has 0 aliphatic heterocycles. The van der Waals surface area contributed by atoms with Crippen molar-refractivity contribution in [2.45, 2.75) is 12.8 Å². The fourth-order valence-electron chi connectivity index (χ4n) is 1.65. The first-order chi connectivity index (χ1) is 9.27. The number of rotatable bonds is 7. The molecule has 2 aromatic heterocycles. The number of hydrogen-bond donors (Lipinski definition) is 0. The Kier molecular flexibility index (Phi) is 5.69. The maximum Gasteiger partial charge on any atom is 0.199 e. The minimum Gasteiger partial charge on any atom is -0.373 e. The van der Waals surface area contributed by atoms with Gasteiger partial charge < -0.3 is 4.74 Å². The first-order valence-electron chi connectivity index (χ1n) is 6.00. The highest BCUT2D eigenvalue weighted by Gasteiger charge is 2.11. The monoisotopic (exact) mass is 339 g/mol. The molecule has 0 atom stereocenters. The van der Waals surface area contributed by atoms with Crippen LogP contribution in [-0.2, 0) is 11.2 Å². The number of pyridine rings is 1. The van der Waals surface area contributed by atoms with Crippen LogP contribution in [0.25, 0.3) is 0 Å². The fraction of sp³-hybridized carbons (Fsp3) is 0.286. The van der Waals surface area contributed by atoms with Crippen molar-refractivity contribution >= 4 is 33.0 Å². The Hall–Kier alpha value is -1.04. The van der Waals surface area contributed by atoms with Crippen molar-refractivity contribution in [1.29, 1.82) is 0 Å². The summed E-state index contributed by atoms with van der Waals surface area (Å²) in [6.07, 6.45) is 5.42. The maximum absolute atomic E-state index is 11.8. The maximum atomic E-state index is 11.8. The van der Waals surface area contributed by atoms with Crippen molar-refractivity contribution in [2.75, 3.05) is 13.2 Å². The van der Waals surface area contributed by atoms with E-state index < -0.39 is 0 Å². The summed E-state index contributed by atoms with van der Waals surface area (Å²) in [4.78, 5) is 16.5. The summed E-state index contributed by atoms with van der Waals surface area (Å²) in [6, 6.07) is 5.86. The molecule has 0 aliphatic carbocycles. The second-order valence-corrected chi connectivity index (χ2v) is 5.80. The normalized spacial score (nSPS) is 10.6. The smallest absolute Gasteiger partial charge is 0.199 e. The van der Waals surface area contributed by atoms with E-state index in [2.05, 4.69) is 20.9 Å². The summed E-state index contributed by atoms with van der Waals surface area (Å²) in [5.74, 6) is 0.0331. The van der Waals surface area contributed by atoms with Crippen LogP contribution in [0, 0.1) is 0 Å². The van der Waals surface area contributed by atoms with Gasteiger partial charge in [0.25, 0.3) is 0 Å². The first-order valence-corrected chi connectivity index (χ1v) is 7.67. The van der Waals surface area contributed by atoms with Gasteiger partial charge in [-0.15, -0.1) is 11.3 Å². The van der Waals surface area contributed by atoms with Crippen LogP contribution < -0.4 is 0 Å². The topological polar surface area (TPSA) is 39.2 Å². The summed E-state index contributed by atoms with van der Waals surface area (Å²) in [5.41, 5.74) is 1.24. The first kappa shape index (κ1) is 14.4.